The summed E-state index contributed by atoms with van der Waals surface area (Å²) in [6.45, 7) is 6.34. The summed E-state index contributed by atoms with van der Waals surface area (Å²) in [6, 6.07) is 2.22. The number of rotatable bonds is 5. The summed E-state index contributed by atoms with van der Waals surface area (Å²) in [4.78, 5) is 2.16. The summed E-state index contributed by atoms with van der Waals surface area (Å²) >= 11 is 7.08. The van der Waals surface area contributed by atoms with Crippen molar-refractivity contribution in [1.29, 1.82) is 5.26 Å². The summed E-state index contributed by atoms with van der Waals surface area (Å²) in [5, 5.41) is 17.3. The highest BCUT2D eigenvalue weighted by atomic mass is 35.5. The Bertz CT molecular complexity index is 346. The van der Waals surface area contributed by atoms with Gasteiger partial charge in [0.05, 0.1) is 18.5 Å². The topological polar surface area (TPSA) is 52.8 Å². The van der Waals surface area contributed by atoms with E-state index < -0.39 is 0 Å². The molecule has 0 aliphatic heterocycles. The average Bonchev–Trinajstić information content (AvgIpc) is 2.62. The van der Waals surface area contributed by atoms with Crippen molar-refractivity contribution in [1.82, 2.24) is 15.1 Å². The van der Waals surface area contributed by atoms with Crippen LogP contribution in [0.25, 0.3) is 0 Å². The van der Waals surface area contributed by atoms with Gasteiger partial charge in [-0.25, -0.2) is 0 Å². The van der Waals surface area contributed by atoms with Crippen LogP contribution in [0.2, 0.25) is 4.47 Å². The largest absolute Gasteiger partial charge is 0.296 e. The molecule has 0 aromatic carbocycles. The maximum Gasteiger partial charge on any atom is 0.207 e. The molecule has 0 radical (unpaired) electrons. The van der Waals surface area contributed by atoms with Crippen molar-refractivity contribution in [2.75, 3.05) is 13.1 Å². The Morgan fingerprint density at radius 2 is 2.33 bits per heavy atom. The van der Waals surface area contributed by atoms with Gasteiger partial charge >= 0.3 is 0 Å². The minimum Gasteiger partial charge on any atom is -0.296 e. The third-order valence-corrected chi connectivity index (χ3v) is 3.00. The number of halogens is 1. The second-order valence-corrected chi connectivity index (χ2v) is 4.95. The molecule has 1 heterocycles. The molecule has 1 unspecified atom stereocenters. The fourth-order valence-electron chi connectivity index (χ4n) is 1.22. The molecule has 0 saturated heterocycles. The first kappa shape index (κ1) is 12.4. The molecule has 1 rings (SSSR count). The molecule has 6 heteroatoms. The van der Waals surface area contributed by atoms with Crippen LogP contribution in [0.1, 0.15) is 18.9 Å². The SMILES string of the molecule is CCN(Cc1nnc(Cl)s1)CC(C)C#N. The van der Waals surface area contributed by atoms with Crippen LogP contribution in [-0.4, -0.2) is 28.2 Å². The maximum absolute atomic E-state index is 8.73. The van der Waals surface area contributed by atoms with Gasteiger partial charge in [0, 0.05) is 6.54 Å². The average molecular weight is 245 g/mol. The predicted octanol–water partition coefficient (Wildman–Crippen LogP) is 2.17. The van der Waals surface area contributed by atoms with Gasteiger partial charge in [-0.05, 0) is 25.1 Å². The first-order chi connectivity index (χ1) is 7.15. The normalized spacial score (nSPS) is 12.7. The van der Waals surface area contributed by atoms with E-state index in [0.717, 1.165) is 18.1 Å². The van der Waals surface area contributed by atoms with E-state index in [1.165, 1.54) is 11.3 Å². The van der Waals surface area contributed by atoms with Gasteiger partial charge in [0.15, 0.2) is 0 Å². The molecule has 15 heavy (non-hydrogen) atoms. The maximum atomic E-state index is 8.73. The molecule has 0 bridgehead atoms. The van der Waals surface area contributed by atoms with E-state index in [9.17, 15) is 0 Å². The molecule has 82 valence electrons. The zero-order valence-corrected chi connectivity index (χ0v) is 10.3. The van der Waals surface area contributed by atoms with Crippen LogP contribution < -0.4 is 0 Å². The number of nitriles is 1. The Kier molecular flexibility index (Phi) is 4.95. The number of nitrogens with zero attached hydrogens (tertiary/aromatic N) is 4. The lowest BCUT2D eigenvalue weighted by atomic mass is 10.2. The van der Waals surface area contributed by atoms with Crippen molar-refractivity contribution in [3.05, 3.63) is 9.47 Å². The molecule has 0 fully saturated rings. The molecule has 0 aliphatic rings. The van der Waals surface area contributed by atoms with Crippen molar-refractivity contribution in [2.24, 2.45) is 5.92 Å². The lowest BCUT2D eigenvalue weighted by Crippen LogP contribution is -2.27. The van der Waals surface area contributed by atoms with Gasteiger partial charge in [0.1, 0.15) is 5.01 Å². The lowest BCUT2D eigenvalue weighted by molar-refractivity contribution is 0.259. The second-order valence-electron chi connectivity index (χ2n) is 3.31. The van der Waals surface area contributed by atoms with Crippen molar-refractivity contribution in [3.63, 3.8) is 0 Å². The van der Waals surface area contributed by atoms with Gasteiger partial charge in [0.25, 0.3) is 0 Å². The van der Waals surface area contributed by atoms with E-state index in [1.54, 1.807) is 0 Å². The molecule has 0 aliphatic carbocycles. The van der Waals surface area contributed by atoms with Gasteiger partial charge in [-0.15, -0.1) is 10.2 Å². The molecule has 0 N–H and O–H groups in total. The van der Waals surface area contributed by atoms with Crippen LogP contribution in [0.4, 0.5) is 0 Å². The van der Waals surface area contributed by atoms with Crippen molar-refractivity contribution in [2.45, 2.75) is 20.4 Å². The van der Waals surface area contributed by atoms with Crippen molar-refractivity contribution < 1.29 is 0 Å². The molecule has 1 atom stereocenters. The summed E-state index contributed by atoms with van der Waals surface area (Å²) in [7, 11) is 0. The van der Waals surface area contributed by atoms with E-state index in [1.807, 2.05) is 6.92 Å². The summed E-state index contributed by atoms with van der Waals surface area (Å²) in [6.07, 6.45) is 0. The zero-order chi connectivity index (χ0) is 11.3. The smallest absolute Gasteiger partial charge is 0.207 e. The Morgan fingerprint density at radius 1 is 1.60 bits per heavy atom. The van der Waals surface area contributed by atoms with Gasteiger partial charge in [0.2, 0.25) is 4.47 Å². The predicted molar refractivity (Wildman–Crippen MR) is 60.6 cm³/mol. The monoisotopic (exact) mass is 244 g/mol. The van der Waals surface area contributed by atoms with Crippen LogP contribution >= 0.6 is 22.9 Å². The van der Waals surface area contributed by atoms with Gasteiger partial charge in [-0.2, -0.15) is 5.26 Å². The van der Waals surface area contributed by atoms with Crippen LogP contribution in [0.5, 0.6) is 0 Å². The molecule has 0 spiro atoms. The molecule has 1 aromatic rings. The van der Waals surface area contributed by atoms with Gasteiger partial charge in [-0.1, -0.05) is 18.3 Å². The number of hydrogen-bond acceptors (Lipinski definition) is 5. The fourth-order valence-corrected chi connectivity index (χ4v) is 2.13. The van der Waals surface area contributed by atoms with Gasteiger partial charge < -0.3 is 0 Å². The molecule has 0 amide bonds. The van der Waals surface area contributed by atoms with E-state index in [4.69, 9.17) is 16.9 Å². The Morgan fingerprint density at radius 3 is 2.80 bits per heavy atom. The number of aromatic nitrogens is 2. The van der Waals surface area contributed by atoms with Crippen LogP contribution in [-0.2, 0) is 6.54 Å². The van der Waals surface area contributed by atoms with Crippen LogP contribution in [0, 0.1) is 17.2 Å². The third kappa shape index (κ3) is 4.12. The summed E-state index contributed by atoms with van der Waals surface area (Å²) in [5.74, 6) is 0.0355. The van der Waals surface area contributed by atoms with E-state index in [0.29, 0.717) is 11.0 Å². The van der Waals surface area contributed by atoms with E-state index in [2.05, 4.69) is 28.1 Å². The minimum atomic E-state index is 0.0355. The zero-order valence-electron chi connectivity index (χ0n) is 8.77. The first-order valence-electron chi connectivity index (χ1n) is 4.75. The quantitative estimate of drug-likeness (QED) is 0.797. The molecule has 1 aromatic heterocycles. The molecular formula is C9H13ClN4S. The Hall–Kier alpha value is -0.700. The minimum absolute atomic E-state index is 0.0355. The highest BCUT2D eigenvalue weighted by Gasteiger charge is 2.11. The Balaban J connectivity index is 2.51. The van der Waals surface area contributed by atoms with Crippen molar-refractivity contribution in [3.8, 4) is 6.07 Å². The summed E-state index contributed by atoms with van der Waals surface area (Å²) < 4.78 is 0.467. The highest BCUT2D eigenvalue weighted by Crippen LogP contribution is 2.16. The van der Waals surface area contributed by atoms with Crippen LogP contribution in [0.3, 0.4) is 0 Å². The second kappa shape index (κ2) is 6.01. The number of hydrogen-bond donors (Lipinski definition) is 0. The van der Waals surface area contributed by atoms with Gasteiger partial charge in [-0.3, -0.25) is 4.90 Å². The molecule has 4 nitrogen and oxygen atoms in total. The summed E-state index contributed by atoms with van der Waals surface area (Å²) in [5.41, 5.74) is 0. The van der Waals surface area contributed by atoms with Crippen LogP contribution in [0.15, 0.2) is 0 Å². The van der Waals surface area contributed by atoms with E-state index >= 15 is 0 Å². The highest BCUT2D eigenvalue weighted by molar-refractivity contribution is 7.15. The van der Waals surface area contributed by atoms with Crippen molar-refractivity contribution >= 4 is 22.9 Å². The molecule has 0 saturated carbocycles. The lowest BCUT2D eigenvalue weighted by Gasteiger charge is -2.19. The fraction of sp³-hybridized carbons (Fsp3) is 0.667. The Labute approximate surface area is 98.5 Å². The molecular weight excluding hydrogens is 232 g/mol. The standard InChI is InChI=1S/C9H13ClN4S/c1-3-14(5-7(2)4-11)6-8-12-13-9(10)15-8/h7H,3,5-6H2,1-2H3. The third-order valence-electron chi connectivity index (χ3n) is 2.00. The van der Waals surface area contributed by atoms with E-state index in [-0.39, 0.29) is 5.92 Å². The first-order valence-corrected chi connectivity index (χ1v) is 5.95.